The van der Waals surface area contributed by atoms with E-state index in [4.69, 9.17) is 14.2 Å². The number of hydrogen-bond acceptors (Lipinski definition) is 7. The summed E-state index contributed by atoms with van der Waals surface area (Å²) in [4.78, 5) is 26.1. The van der Waals surface area contributed by atoms with Crippen molar-refractivity contribution in [3.8, 4) is 5.75 Å². The van der Waals surface area contributed by atoms with Gasteiger partial charge in [-0.15, -0.1) is 0 Å². The zero-order valence-electron chi connectivity index (χ0n) is 26.5. The third-order valence-electron chi connectivity index (χ3n) is 9.44. The van der Waals surface area contributed by atoms with E-state index in [1.54, 1.807) is 54.6 Å². The number of esters is 1. The van der Waals surface area contributed by atoms with Crippen molar-refractivity contribution >= 4 is 23.6 Å². The molecule has 1 aliphatic carbocycles. The Bertz CT molecular complexity index is 1650. The first-order valence-electron chi connectivity index (χ1n) is 15.3. The molecule has 47 heavy (non-hydrogen) atoms. The molecule has 3 N–H and O–H groups in total. The monoisotopic (exact) mass is 653 g/mol. The molecule has 6 atom stereocenters. The molecule has 0 aromatic heterocycles. The van der Waals surface area contributed by atoms with Crippen molar-refractivity contribution in [1.82, 2.24) is 0 Å². The summed E-state index contributed by atoms with van der Waals surface area (Å²) in [5, 5.41) is 26.3. The highest BCUT2D eigenvalue weighted by Crippen LogP contribution is 2.49. The number of rotatable bonds is 8. The van der Waals surface area contributed by atoms with E-state index in [0.717, 1.165) is 7.11 Å². The van der Waals surface area contributed by atoms with Crippen LogP contribution in [-0.4, -0.2) is 54.7 Å². The second-order valence-corrected chi connectivity index (χ2v) is 12.6. The standard InChI is InChI=1S/C36H38F3NO7/c1-22-21-33(2,20-18-27(22)47-32(43)35(46-4,36(37,38)39)25-13-9-6-10-14-25)19-17-23-15-16-26-28(29(23)41)34(44,24-11-7-5-8-12-24)30(45-3)31(42)40-26/h5-17,19,22,27,30,41,44H,18,20-21H2,1-4H3,(H,40,42)/b19-17+/t22-,27+,30+,33+,34-,35-/m0/s1. The maximum Gasteiger partial charge on any atom is 0.432 e. The van der Waals surface area contributed by atoms with Gasteiger partial charge in [0.15, 0.2) is 11.7 Å². The molecule has 1 saturated carbocycles. The van der Waals surface area contributed by atoms with E-state index in [0.29, 0.717) is 30.4 Å². The van der Waals surface area contributed by atoms with Gasteiger partial charge in [-0.3, -0.25) is 4.79 Å². The molecular weight excluding hydrogens is 615 g/mol. The summed E-state index contributed by atoms with van der Waals surface area (Å²) in [6, 6.07) is 18.4. The van der Waals surface area contributed by atoms with Gasteiger partial charge >= 0.3 is 12.1 Å². The molecule has 1 heterocycles. The van der Waals surface area contributed by atoms with Gasteiger partial charge in [0.25, 0.3) is 11.5 Å². The first-order valence-corrected chi connectivity index (χ1v) is 15.3. The van der Waals surface area contributed by atoms with Crippen LogP contribution in [-0.2, 0) is 35.0 Å². The predicted octanol–water partition coefficient (Wildman–Crippen LogP) is 6.45. The van der Waals surface area contributed by atoms with Gasteiger partial charge in [0.1, 0.15) is 11.9 Å². The number of methoxy groups -OCH3 is 2. The zero-order chi connectivity index (χ0) is 34.2. The molecule has 1 fully saturated rings. The predicted molar refractivity (Wildman–Crippen MR) is 168 cm³/mol. The highest BCUT2D eigenvalue weighted by Gasteiger charge is 2.64. The van der Waals surface area contributed by atoms with Gasteiger partial charge in [-0.2, -0.15) is 13.2 Å². The summed E-state index contributed by atoms with van der Waals surface area (Å²) in [6.07, 6.45) is -2.32. The minimum atomic E-state index is -5.06. The Morgan fingerprint density at radius 2 is 1.66 bits per heavy atom. The minimum Gasteiger partial charge on any atom is -0.507 e. The number of aliphatic hydroxyl groups is 1. The number of anilines is 1. The molecule has 0 unspecified atom stereocenters. The Hall–Kier alpha value is -4.19. The van der Waals surface area contributed by atoms with Crippen molar-refractivity contribution in [3.05, 3.63) is 101 Å². The number of phenols is 1. The van der Waals surface area contributed by atoms with E-state index in [2.05, 4.69) is 5.32 Å². The van der Waals surface area contributed by atoms with Gasteiger partial charge in [-0.25, -0.2) is 4.79 Å². The Balaban J connectivity index is 1.38. The SMILES string of the molecule is CO[C@@H]1C(=O)Nc2ccc(/C=C/[C@]3(C)CC[C@@H](OC(=O)[C@@](OC)(c4ccccc4)C(F)(F)F)[C@@H](C)C3)c(O)c2[C@@]1(O)c1ccccc1. The number of nitrogens with one attached hydrogen (secondary N) is 1. The summed E-state index contributed by atoms with van der Waals surface area (Å²) < 4.78 is 59.0. The molecule has 0 bridgehead atoms. The van der Waals surface area contributed by atoms with Crippen molar-refractivity contribution in [1.29, 1.82) is 0 Å². The van der Waals surface area contributed by atoms with Gasteiger partial charge in [0.05, 0.1) is 11.3 Å². The molecule has 11 heteroatoms. The summed E-state index contributed by atoms with van der Waals surface area (Å²) in [5.74, 6) is -2.62. The Kier molecular flexibility index (Phi) is 9.29. The molecule has 3 aromatic rings. The van der Waals surface area contributed by atoms with Crippen molar-refractivity contribution in [2.75, 3.05) is 19.5 Å². The number of carbonyl (C=O) groups is 2. The second kappa shape index (κ2) is 12.8. The molecule has 1 aliphatic heterocycles. The first kappa shape index (κ1) is 34.2. The fourth-order valence-electron chi connectivity index (χ4n) is 6.97. The number of phenolic OH excluding ortho intramolecular Hbond substituents is 1. The van der Waals surface area contributed by atoms with Gasteiger partial charge in [0.2, 0.25) is 0 Å². The van der Waals surface area contributed by atoms with Gasteiger partial charge < -0.3 is 29.7 Å². The number of ether oxygens (including phenoxy) is 3. The van der Waals surface area contributed by atoms with Crippen LogP contribution in [0, 0.1) is 11.3 Å². The number of aromatic hydroxyl groups is 1. The number of alkyl halides is 3. The molecule has 0 radical (unpaired) electrons. The van der Waals surface area contributed by atoms with Crippen LogP contribution in [0.1, 0.15) is 55.4 Å². The van der Waals surface area contributed by atoms with Crippen molar-refractivity contribution in [2.45, 2.75) is 62.7 Å². The molecule has 1 amide bonds. The number of benzene rings is 3. The normalized spacial score (nSPS) is 27.5. The molecule has 0 spiro atoms. The van der Waals surface area contributed by atoms with Crippen LogP contribution in [0.15, 0.2) is 78.9 Å². The van der Waals surface area contributed by atoms with Crippen LogP contribution >= 0.6 is 0 Å². The third-order valence-corrected chi connectivity index (χ3v) is 9.44. The van der Waals surface area contributed by atoms with Crippen LogP contribution in [0.2, 0.25) is 0 Å². The van der Waals surface area contributed by atoms with E-state index >= 15 is 0 Å². The zero-order valence-corrected chi connectivity index (χ0v) is 26.5. The second-order valence-electron chi connectivity index (χ2n) is 12.6. The summed E-state index contributed by atoms with van der Waals surface area (Å²) in [5.41, 5.74) is -5.00. The summed E-state index contributed by atoms with van der Waals surface area (Å²) in [7, 11) is 2.15. The van der Waals surface area contributed by atoms with E-state index in [1.165, 1.54) is 31.4 Å². The Morgan fingerprint density at radius 1 is 1.02 bits per heavy atom. The molecule has 250 valence electrons. The average molecular weight is 654 g/mol. The first-order chi connectivity index (χ1) is 22.2. The van der Waals surface area contributed by atoms with E-state index in [-0.39, 0.29) is 28.5 Å². The number of carbonyl (C=O) groups excluding carboxylic acids is 2. The van der Waals surface area contributed by atoms with Crippen LogP contribution in [0.25, 0.3) is 6.08 Å². The fraction of sp³-hybridized carbons (Fsp3) is 0.389. The number of halogens is 3. The number of hydrogen-bond donors (Lipinski definition) is 3. The van der Waals surface area contributed by atoms with Crippen molar-refractivity contribution < 1.29 is 47.2 Å². The van der Waals surface area contributed by atoms with Crippen molar-refractivity contribution in [2.24, 2.45) is 11.3 Å². The topological polar surface area (TPSA) is 114 Å². The number of fused-ring (bicyclic) bond motifs is 1. The number of amides is 1. The fourth-order valence-corrected chi connectivity index (χ4v) is 6.97. The molecule has 2 aliphatic rings. The highest BCUT2D eigenvalue weighted by atomic mass is 19.4. The molecular formula is C36H38F3NO7. The van der Waals surface area contributed by atoms with Gasteiger partial charge in [-0.05, 0) is 48.3 Å². The van der Waals surface area contributed by atoms with Crippen LogP contribution in [0.5, 0.6) is 5.75 Å². The molecule has 8 nitrogen and oxygen atoms in total. The van der Waals surface area contributed by atoms with Gasteiger partial charge in [-0.1, -0.05) is 86.7 Å². The minimum absolute atomic E-state index is 0.0937. The van der Waals surface area contributed by atoms with Crippen molar-refractivity contribution in [3.63, 3.8) is 0 Å². The summed E-state index contributed by atoms with van der Waals surface area (Å²) in [6.45, 7) is 3.80. The maximum absolute atomic E-state index is 14.4. The number of allylic oxidation sites excluding steroid dienone is 1. The molecule has 3 aromatic carbocycles. The average Bonchev–Trinajstić information content (AvgIpc) is 3.03. The summed E-state index contributed by atoms with van der Waals surface area (Å²) >= 11 is 0. The molecule has 5 rings (SSSR count). The van der Waals surface area contributed by atoms with Crippen LogP contribution < -0.4 is 5.32 Å². The van der Waals surface area contributed by atoms with E-state index in [9.17, 15) is 33.0 Å². The van der Waals surface area contributed by atoms with E-state index in [1.807, 2.05) is 19.9 Å². The molecule has 0 saturated heterocycles. The Labute approximate surface area is 271 Å². The Morgan fingerprint density at radius 3 is 2.23 bits per heavy atom. The van der Waals surface area contributed by atoms with Crippen LogP contribution in [0.3, 0.4) is 0 Å². The largest absolute Gasteiger partial charge is 0.507 e. The lowest BCUT2D eigenvalue weighted by atomic mass is 9.69. The van der Waals surface area contributed by atoms with Crippen LogP contribution in [0.4, 0.5) is 18.9 Å². The third kappa shape index (κ3) is 5.92. The lowest BCUT2D eigenvalue weighted by Gasteiger charge is -2.41. The van der Waals surface area contributed by atoms with Gasteiger partial charge in [0, 0.05) is 25.3 Å². The quantitative estimate of drug-likeness (QED) is 0.240. The highest BCUT2D eigenvalue weighted by molar-refractivity contribution is 6.00. The van der Waals surface area contributed by atoms with E-state index < -0.39 is 46.9 Å². The lowest BCUT2D eigenvalue weighted by molar-refractivity contribution is -0.279. The smallest absolute Gasteiger partial charge is 0.432 e. The maximum atomic E-state index is 14.4. The lowest BCUT2D eigenvalue weighted by Crippen LogP contribution is -2.53.